The van der Waals surface area contributed by atoms with Crippen LogP contribution in [0.3, 0.4) is 0 Å². The molecule has 0 bridgehead atoms. The van der Waals surface area contributed by atoms with Gasteiger partial charge in [0.15, 0.2) is 0 Å². The van der Waals surface area contributed by atoms with Crippen LogP contribution in [0, 0.1) is 39.0 Å². The Kier molecular flexibility index (Phi) is 22.7. The number of methoxy groups -OCH3 is 2. The zero-order chi connectivity index (χ0) is 35.1. The van der Waals surface area contributed by atoms with Gasteiger partial charge in [0.2, 0.25) is 5.91 Å². The maximum absolute atomic E-state index is 12.7. The number of unbranched alkanes of at least 4 members (excludes halogenated alkanes) is 1. The van der Waals surface area contributed by atoms with E-state index in [0.717, 1.165) is 31.3 Å². The standard InChI is InChI=1S/C37H63N3O7.CH3.Li/c1-11-31(44-9)28(7)34-37(8,47-34)24-25(4)17-16-18-26(5)33-27(6)20-21-29(46-33)23-32(41)38-22-15-14-19-30(35(42)45-10)39-36(43)40(12-2)13-3;;/h16-18,25,27-31,33-34H,2-3,11-15,19-24H2,1,4-10H3,(H,38,41)(H,39,43);1H3;/q-2;-1;+1/b17-16+,26-18+;;/t25-,27+,28-,29-,30-,31+,33-,34-,37-;;/m1../s1. The third-order valence-electron chi connectivity index (χ3n) is 9.75. The third kappa shape index (κ3) is 15.1. The first-order valence-electron chi connectivity index (χ1n) is 17.5. The molecule has 2 aliphatic heterocycles. The smallest absolute Gasteiger partial charge is 0.467 e. The van der Waals surface area contributed by atoms with Crippen molar-refractivity contribution in [3.05, 3.63) is 45.1 Å². The Balaban J connectivity index is 0.0000115. The summed E-state index contributed by atoms with van der Waals surface area (Å²) in [5.74, 6) is 0.572. The summed E-state index contributed by atoms with van der Waals surface area (Å²) in [5.41, 5.74) is 1.06. The molecule has 49 heavy (non-hydrogen) atoms. The number of hydrogen-bond acceptors (Lipinski definition) is 7. The number of nitrogens with one attached hydrogen (secondary N) is 2. The van der Waals surface area contributed by atoms with Crippen LogP contribution in [-0.4, -0.2) is 92.7 Å². The van der Waals surface area contributed by atoms with Gasteiger partial charge in [-0.2, -0.15) is 0 Å². The molecule has 0 unspecified atom stereocenters. The molecule has 2 fully saturated rings. The Bertz CT molecular complexity index is 1050. The second-order valence-electron chi connectivity index (χ2n) is 13.7. The van der Waals surface area contributed by atoms with E-state index in [1.807, 2.05) is 0 Å². The average molecular weight is 684 g/mol. The van der Waals surface area contributed by atoms with Crippen LogP contribution in [0.15, 0.2) is 23.8 Å². The van der Waals surface area contributed by atoms with Gasteiger partial charge in [-0.25, -0.2) is 9.59 Å². The number of amides is 3. The quantitative estimate of drug-likeness (QED) is 0.0505. The van der Waals surface area contributed by atoms with Gasteiger partial charge < -0.3 is 55.8 Å². The average Bonchev–Trinajstić information content (AvgIpc) is 3.71. The van der Waals surface area contributed by atoms with Crippen molar-refractivity contribution in [2.75, 3.05) is 33.9 Å². The molecule has 0 saturated carbocycles. The maximum atomic E-state index is 12.7. The monoisotopic (exact) mass is 684 g/mol. The molecule has 2 saturated heterocycles. The van der Waals surface area contributed by atoms with E-state index < -0.39 is 18.0 Å². The van der Waals surface area contributed by atoms with Crippen LogP contribution >= 0.6 is 0 Å². The number of esters is 1. The fourth-order valence-corrected chi connectivity index (χ4v) is 6.87. The summed E-state index contributed by atoms with van der Waals surface area (Å²) >= 11 is 0. The van der Waals surface area contributed by atoms with Crippen molar-refractivity contribution in [1.29, 1.82) is 0 Å². The van der Waals surface area contributed by atoms with Gasteiger partial charge in [-0.05, 0) is 76.2 Å². The molecule has 0 aliphatic carbocycles. The van der Waals surface area contributed by atoms with E-state index in [2.05, 4.69) is 84.3 Å². The molecular formula is C38H66LiN3O7-2. The van der Waals surface area contributed by atoms with Crippen LogP contribution in [0.5, 0.6) is 0 Å². The van der Waals surface area contributed by atoms with Crippen LogP contribution in [0.1, 0.15) is 92.9 Å². The Labute approximate surface area is 310 Å². The number of urea groups is 1. The first-order chi connectivity index (χ1) is 22.3. The fraction of sp³-hybridized carbons (Fsp3) is 0.737. The summed E-state index contributed by atoms with van der Waals surface area (Å²) in [6.45, 7) is 21.5. The molecule has 0 aromatic carbocycles. The Hall–Kier alpha value is -1.83. The van der Waals surface area contributed by atoms with E-state index in [1.54, 1.807) is 7.11 Å². The number of nitrogens with zero attached hydrogens (tertiary/aromatic N) is 1. The molecule has 278 valence electrons. The van der Waals surface area contributed by atoms with Crippen LogP contribution in [0.2, 0.25) is 0 Å². The Morgan fingerprint density at radius 3 is 2.39 bits per heavy atom. The number of allylic oxidation sites excluding steroid dienone is 3. The van der Waals surface area contributed by atoms with E-state index in [0.29, 0.717) is 50.0 Å². The van der Waals surface area contributed by atoms with Gasteiger partial charge in [0.1, 0.15) is 6.04 Å². The van der Waals surface area contributed by atoms with Gasteiger partial charge in [0, 0.05) is 19.6 Å². The van der Waals surface area contributed by atoms with E-state index >= 15 is 0 Å². The summed E-state index contributed by atoms with van der Waals surface area (Å²) in [6, 6.07) is -1.17. The zero-order valence-corrected chi connectivity index (χ0v) is 32.3. The summed E-state index contributed by atoms with van der Waals surface area (Å²) < 4.78 is 23.1. The minimum absolute atomic E-state index is 0. The number of carbonyl (C=O) groups excluding carboxylic acids is 3. The molecule has 10 nitrogen and oxygen atoms in total. The normalized spacial score (nSPS) is 26.0. The van der Waals surface area contributed by atoms with Gasteiger partial charge in [-0.1, -0.05) is 45.9 Å². The van der Waals surface area contributed by atoms with Crippen molar-refractivity contribution < 1.29 is 52.2 Å². The second-order valence-corrected chi connectivity index (χ2v) is 13.7. The Morgan fingerprint density at radius 2 is 1.80 bits per heavy atom. The predicted molar refractivity (Wildman–Crippen MR) is 192 cm³/mol. The van der Waals surface area contributed by atoms with Gasteiger partial charge >= 0.3 is 30.9 Å². The second kappa shape index (κ2) is 23.6. The van der Waals surface area contributed by atoms with E-state index in [1.165, 1.54) is 12.0 Å². The van der Waals surface area contributed by atoms with Crippen molar-refractivity contribution in [3.8, 4) is 0 Å². The third-order valence-corrected chi connectivity index (χ3v) is 9.75. The predicted octanol–water partition coefficient (Wildman–Crippen LogP) is 3.27. The van der Waals surface area contributed by atoms with Crippen LogP contribution in [0.25, 0.3) is 0 Å². The van der Waals surface area contributed by atoms with Crippen molar-refractivity contribution in [2.24, 2.45) is 17.8 Å². The van der Waals surface area contributed by atoms with E-state index in [9.17, 15) is 14.4 Å². The van der Waals surface area contributed by atoms with Gasteiger partial charge in [-0.3, -0.25) is 4.79 Å². The SMILES string of the molecule is [CH2-]CN(C[CH2-])C(=O)N[C@H](CCCCNC(=O)C[C@H]1CC[C@H](C)[C@@H](/C(C)=C/C=C/[C@@H](C)C[C@@]2(C)O[C@@H]2[C@H](C)[C@H](CC)OC)O1)C(=O)OC.[CH3-].[Li+]. The molecule has 9 atom stereocenters. The summed E-state index contributed by atoms with van der Waals surface area (Å²) in [5, 5.41) is 5.67. The maximum Gasteiger partial charge on any atom is 1.00 e. The summed E-state index contributed by atoms with van der Waals surface area (Å²) in [7, 11) is 3.08. The first-order valence-corrected chi connectivity index (χ1v) is 17.5. The fourth-order valence-electron chi connectivity index (χ4n) is 6.87. The van der Waals surface area contributed by atoms with E-state index in [4.69, 9.17) is 18.9 Å². The molecular weight excluding hydrogens is 617 g/mol. The molecule has 3 amide bonds. The topological polar surface area (TPSA) is 119 Å². The minimum atomic E-state index is -0.765. The number of hydrogen-bond donors (Lipinski definition) is 2. The van der Waals surface area contributed by atoms with Crippen LogP contribution in [0.4, 0.5) is 4.79 Å². The molecule has 2 rings (SSSR count). The molecule has 2 heterocycles. The van der Waals surface area contributed by atoms with Crippen LogP contribution in [-0.2, 0) is 28.5 Å². The molecule has 0 spiro atoms. The van der Waals surface area contributed by atoms with Crippen molar-refractivity contribution >= 4 is 17.9 Å². The molecule has 2 N–H and O–H groups in total. The van der Waals surface area contributed by atoms with Crippen molar-refractivity contribution in [1.82, 2.24) is 15.5 Å². The molecule has 11 heteroatoms. The van der Waals surface area contributed by atoms with Gasteiger partial charge in [0.05, 0.1) is 43.5 Å². The molecule has 0 radical (unpaired) electrons. The largest absolute Gasteiger partial charge is 1.00 e. The van der Waals surface area contributed by atoms with Gasteiger partial charge in [0.25, 0.3) is 0 Å². The van der Waals surface area contributed by atoms with Crippen LogP contribution < -0.4 is 29.5 Å². The Morgan fingerprint density at radius 1 is 1.12 bits per heavy atom. The number of rotatable bonds is 20. The number of carbonyl (C=O) groups is 3. The molecule has 0 aromatic heterocycles. The summed E-state index contributed by atoms with van der Waals surface area (Å²) in [4.78, 5) is 38.6. The van der Waals surface area contributed by atoms with Gasteiger partial charge in [-0.15, -0.1) is 13.1 Å². The van der Waals surface area contributed by atoms with Crippen molar-refractivity contribution in [3.63, 3.8) is 0 Å². The van der Waals surface area contributed by atoms with Crippen molar-refractivity contribution in [2.45, 2.75) is 129 Å². The minimum Gasteiger partial charge on any atom is -0.467 e. The first kappa shape index (κ1) is 47.2. The zero-order valence-electron chi connectivity index (χ0n) is 32.3. The number of ether oxygens (including phenoxy) is 4. The number of epoxide rings is 1. The molecule has 2 aliphatic rings. The summed E-state index contributed by atoms with van der Waals surface area (Å²) in [6.07, 6.45) is 12.6. The molecule has 0 aromatic rings. The van der Waals surface area contributed by atoms with E-state index in [-0.39, 0.29) is 75.3 Å².